The van der Waals surface area contributed by atoms with Crippen molar-refractivity contribution in [2.24, 2.45) is 5.73 Å². The fraction of sp³-hybridized carbons (Fsp3) is 0.583. The average molecular weight is 384 g/mol. The highest BCUT2D eigenvalue weighted by Gasteiger charge is 2.12. The van der Waals surface area contributed by atoms with Gasteiger partial charge in [0.05, 0.1) is 4.47 Å². The molecule has 0 aromatic carbocycles. The third-order valence-corrected chi connectivity index (χ3v) is 3.40. The minimum atomic E-state index is -0.619. The van der Waals surface area contributed by atoms with E-state index in [1.807, 2.05) is 0 Å². The Labute approximate surface area is 136 Å². The molecule has 120 valence electrons. The Bertz CT molecular complexity index is 572. The van der Waals surface area contributed by atoms with Crippen molar-refractivity contribution in [1.29, 1.82) is 0 Å². The molecule has 9 heteroatoms. The van der Waals surface area contributed by atoms with Crippen LogP contribution in [0, 0.1) is 0 Å². The maximum Gasteiger partial charge on any atom is 0.328 e. The molecule has 0 saturated heterocycles. The normalized spacial score (nSPS) is 11.6. The van der Waals surface area contributed by atoms with Gasteiger partial charge in [-0.05, 0) is 22.4 Å². The third-order valence-electron chi connectivity index (χ3n) is 2.84. The number of nitrogens with one attached hydrogen (secondary N) is 2. The molecule has 1 rings (SSSR count). The molecule has 0 bridgehead atoms. The molecule has 4 N–H and O–H groups in total. The number of hydrogen-bond acceptors (Lipinski definition) is 4. The number of rotatable bonds is 7. The van der Waals surface area contributed by atoms with Crippen LogP contribution >= 0.6 is 28.3 Å². The SMILES string of the molecule is CCCCC(CN)NC(=O)Cn1cc(Br)c(=O)[nH]c1=O.Cl. The highest BCUT2D eigenvalue weighted by Crippen LogP contribution is 2.00. The Balaban J connectivity index is 0.00000400. The van der Waals surface area contributed by atoms with Gasteiger partial charge in [0.2, 0.25) is 5.91 Å². The summed E-state index contributed by atoms with van der Waals surface area (Å²) in [6.45, 7) is 2.26. The van der Waals surface area contributed by atoms with Gasteiger partial charge in [-0.3, -0.25) is 19.1 Å². The summed E-state index contributed by atoms with van der Waals surface area (Å²) in [5.41, 5.74) is 4.45. The largest absolute Gasteiger partial charge is 0.351 e. The van der Waals surface area contributed by atoms with E-state index in [-0.39, 0.29) is 35.4 Å². The Hall–Kier alpha value is -1.12. The molecule has 0 spiro atoms. The van der Waals surface area contributed by atoms with Gasteiger partial charge >= 0.3 is 5.69 Å². The van der Waals surface area contributed by atoms with Crippen LogP contribution < -0.4 is 22.3 Å². The molecule has 0 aliphatic heterocycles. The number of carbonyl (C=O) groups is 1. The quantitative estimate of drug-likeness (QED) is 0.631. The van der Waals surface area contributed by atoms with Gasteiger partial charge in [0.1, 0.15) is 6.54 Å². The van der Waals surface area contributed by atoms with Crippen LogP contribution in [0.3, 0.4) is 0 Å². The molecule has 0 aliphatic carbocycles. The topological polar surface area (TPSA) is 110 Å². The molecule has 21 heavy (non-hydrogen) atoms. The Morgan fingerprint density at radius 1 is 1.52 bits per heavy atom. The van der Waals surface area contributed by atoms with Gasteiger partial charge in [0.15, 0.2) is 0 Å². The Morgan fingerprint density at radius 3 is 2.76 bits per heavy atom. The number of aromatic amines is 1. The van der Waals surface area contributed by atoms with E-state index in [4.69, 9.17) is 5.73 Å². The molecular weight excluding hydrogens is 364 g/mol. The maximum absolute atomic E-state index is 11.9. The van der Waals surface area contributed by atoms with Crippen LogP contribution in [-0.4, -0.2) is 28.0 Å². The number of H-pyrrole nitrogens is 1. The van der Waals surface area contributed by atoms with Crippen LogP contribution in [0.15, 0.2) is 20.3 Å². The number of aromatic nitrogens is 2. The Morgan fingerprint density at radius 2 is 2.19 bits per heavy atom. The van der Waals surface area contributed by atoms with Crippen LogP contribution in [0.1, 0.15) is 26.2 Å². The van der Waals surface area contributed by atoms with Crippen molar-refractivity contribution in [1.82, 2.24) is 14.9 Å². The summed E-state index contributed by atoms with van der Waals surface area (Å²) in [6.07, 6.45) is 4.11. The average Bonchev–Trinajstić information content (AvgIpc) is 2.40. The van der Waals surface area contributed by atoms with Gasteiger partial charge in [-0.2, -0.15) is 0 Å². The number of unbranched alkanes of at least 4 members (excludes halogenated alkanes) is 1. The van der Waals surface area contributed by atoms with Crippen molar-refractivity contribution in [2.75, 3.05) is 6.54 Å². The lowest BCUT2D eigenvalue weighted by atomic mass is 10.1. The monoisotopic (exact) mass is 382 g/mol. The summed E-state index contributed by atoms with van der Waals surface area (Å²) in [6, 6.07) is -0.0932. The zero-order valence-electron chi connectivity index (χ0n) is 11.7. The molecule has 0 aliphatic rings. The second kappa shape index (κ2) is 9.75. The van der Waals surface area contributed by atoms with Crippen molar-refractivity contribution < 1.29 is 4.79 Å². The molecular formula is C12H20BrClN4O3. The predicted molar refractivity (Wildman–Crippen MR) is 86.8 cm³/mol. The lowest BCUT2D eigenvalue weighted by Crippen LogP contribution is -2.43. The van der Waals surface area contributed by atoms with E-state index in [0.717, 1.165) is 23.8 Å². The van der Waals surface area contributed by atoms with Gasteiger partial charge in [-0.15, -0.1) is 12.4 Å². The minimum absolute atomic E-state index is 0. The van der Waals surface area contributed by atoms with Gasteiger partial charge in [-0.25, -0.2) is 4.79 Å². The molecule has 0 saturated carbocycles. The summed E-state index contributed by atoms with van der Waals surface area (Å²) in [5, 5.41) is 2.78. The van der Waals surface area contributed by atoms with E-state index in [0.29, 0.717) is 6.54 Å². The number of nitrogens with two attached hydrogens (primary N) is 1. The van der Waals surface area contributed by atoms with Crippen LogP contribution in [0.5, 0.6) is 0 Å². The van der Waals surface area contributed by atoms with E-state index in [9.17, 15) is 14.4 Å². The second-order valence-electron chi connectivity index (χ2n) is 4.51. The van der Waals surface area contributed by atoms with Crippen molar-refractivity contribution in [2.45, 2.75) is 38.8 Å². The summed E-state index contributed by atoms with van der Waals surface area (Å²) in [7, 11) is 0. The molecule has 1 heterocycles. The number of halogens is 2. The molecule has 1 atom stereocenters. The van der Waals surface area contributed by atoms with E-state index in [1.165, 1.54) is 6.20 Å². The Kier molecular flexibility index (Phi) is 9.23. The number of nitrogens with zero attached hydrogens (tertiary/aromatic N) is 1. The first kappa shape index (κ1) is 19.9. The molecule has 1 amide bonds. The van der Waals surface area contributed by atoms with Gasteiger partial charge in [0, 0.05) is 18.8 Å². The van der Waals surface area contributed by atoms with Gasteiger partial charge in [0.25, 0.3) is 5.56 Å². The lowest BCUT2D eigenvalue weighted by Gasteiger charge is -2.16. The molecule has 1 unspecified atom stereocenters. The smallest absolute Gasteiger partial charge is 0.328 e. The zero-order valence-corrected chi connectivity index (χ0v) is 14.1. The first-order valence-electron chi connectivity index (χ1n) is 6.46. The molecule has 0 radical (unpaired) electrons. The molecule has 1 aromatic rings. The molecule has 1 aromatic heterocycles. The second-order valence-corrected chi connectivity index (χ2v) is 5.36. The van der Waals surface area contributed by atoms with E-state index in [2.05, 4.69) is 33.2 Å². The minimum Gasteiger partial charge on any atom is -0.351 e. The molecule has 0 fully saturated rings. The first-order valence-corrected chi connectivity index (χ1v) is 7.26. The van der Waals surface area contributed by atoms with Crippen molar-refractivity contribution >= 4 is 34.2 Å². The van der Waals surface area contributed by atoms with Gasteiger partial charge in [-0.1, -0.05) is 19.8 Å². The summed E-state index contributed by atoms with van der Waals surface area (Å²) in [4.78, 5) is 36.7. The lowest BCUT2D eigenvalue weighted by molar-refractivity contribution is -0.122. The van der Waals surface area contributed by atoms with E-state index < -0.39 is 11.2 Å². The van der Waals surface area contributed by atoms with Gasteiger partial charge < -0.3 is 11.1 Å². The van der Waals surface area contributed by atoms with Crippen molar-refractivity contribution in [3.63, 3.8) is 0 Å². The van der Waals surface area contributed by atoms with E-state index >= 15 is 0 Å². The number of carbonyl (C=O) groups excluding carboxylic acids is 1. The van der Waals surface area contributed by atoms with Crippen molar-refractivity contribution in [3.05, 3.63) is 31.5 Å². The highest BCUT2D eigenvalue weighted by molar-refractivity contribution is 9.10. The van der Waals surface area contributed by atoms with E-state index in [1.54, 1.807) is 0 Å². The van der Waals surface area contributed by atoms with Crippen LogP contribution in [0.4, 0.5) is 0 Å². The fourth-order valence-electron chi connectivity index (χ4n) is 1.73. The summed E-state index contributed by atoms with van der Waals surface area (Å²) in [5.74, 6) is -0.308. The standard InChI is InChI=1S/C12H19BrN4O3.ClH/c1-2-3-4-8(5-14)15-10(18)7-17-6-9(13)11(19)16-12(17)20;/h6,8H,2-5,7,14H2,1H3,(H,15,18)(H,16,19,20);1H. The number of amides is 1. The van der Waals surface area contributed by atoms with Crippen LogP contribution in [0.25, 0.3) is 0 Å². The summed E-state index contributed by atoms with van der Waals surface area (Å²) >= 11 is 3.01. The predicted octanol–water partition coefficient (Wildman–Crippen LogP) is 0.355. The van der Waals surface area contributed by atoms with Crippen LogP contribution in [-0.2, 0) is 11.3 Å². The first-order chi connectivity index (χ1) is 9.47. The fourth-order valence-corrected chi connectivity index (χ4v) is 2.07. The van der Waals surface area contributed by atoms with Crippen molar-refractivity contribution in [3.8, 4) is 0 Å². The zero-order chi connectivity index (χ0) is 15.1. The summed E-state index contributed by atoms with van der Waals surface area (Å²) < 4.78 is 1.33. The third kappa shape index (κ3) is 6.45. The van der Waals surface area contributed by atoms with Crippen LogP contribution in [0.2, 0.25) is 0 Å². The highest BCUT2D eigenvalue weighted by atomic mass is 79.9. The number of hydrogen-bond donors (Lipinski definition) is 3. The molecule has 7 nitrogen and oxygen atoms in total. The maximum atomic E-state index is 11.9.